The highest BCUT2D eigenvalue weighted by atomic mass is 16.5. The number of urea groups is 1. The van der Waals surface area contributed by atoms with E-state index in [1.54, 1.807) is 19.1 Å². The van der Waals surface area contributed by atoms with Crippen LogP contribution in [0.2, 0.25) is 0 Å². The summed E-state index contributed by atoms with van der Waals surface area (Å²) >= 11 is 0. The molecule has 0 aliphatic heterocycles. The number of ether oxygens (including phenoxy) is 1. The summed E-state index contributed by atoms with van der Waals surface area (Å²) in [6.45, 7) is 5.03. The van der Waals surface area contributed by atoms with E-state index in [9.17, 15) is 9.90 Å². The number of carbonyl (C=O) groups is 1. The molecule has 1 rings (SSSR count). The third-order valence-electron chi connectivity index (χ3n) is 3.82. The summed E-state index contributed by atoms with van der Waals surface area (Å²) in [5.41, 5.74) is 0.633. The lowest BCUT2D eigenvalue weighted by atomic mass is 10.1. The zero-order valence-electron chi connectivity index (χ0n) is 14.0. The van der Waals surface area contributed by atoms with E-state index in [-0.39, 0.29) is 11.6 Å². The minimum Gasteiger partial charge on any atom is -0.388 e. The Kier molecular flexibility index (Phi) is 7.35. The van der Waals surface area contributed by atoms with Crippen molar-refractivity contribution in [2.24, 2.45) is 0 Å². The highest BCUT2D eigenvalue weighted by Crippen LogP contribution is 2.16. The van der Waals surface area contributed by atoms with Crippen molar-refractivity contribution in [3.05, 3.63) is 35.9 Å². The first kappa shape index (κ1) is 18.5. The van der Waals surface area contributed by atoms with Gasteiger partial charge in [0.15, 0.2) is 0 Å². The van der Waals surface area contributed by atoms with E-state index in [2.05, 4.69) is 5.32 Å². The van der Waals surface area contributed by atoms with Crippen LogP contribution in [-0.4, -0.2) is 48.9 Å². The van der Waals surface area contributed by atoms with Crippen molar-refractivity contribution < 1.29 is 14.6 Å². The van der Waals surface area contributed by atoms with Crippen molar-refractivity contribution in [1.82, 2.24) is 10.2 Å². The molecule has 5 heteroatoms. The minimum absolute atomic E-state index is 0.132. The molecule has 2 N–H and O–H groups in total. The Balaban J connectivity index is 2.29. The van der Waals surface area contributed by atoms with Crippen LogP contribution in [0.3, 0.4) is 0 Å². The summed E-state index contributed by atoms with van der Waals surface area (Å²) in [5, 5.41) is 13.0. The lowest BCUT2D eigenvalue weighted by Crippen LogP contribution is -2.40. The van der Waals surface area contributed by atoms with E-state index < -0.39 is 6.10 Å². The second kappa shape index (κ2) is 8.76. The molecule has 0 heterocycles. The second-order valence-corrected chi connectivity index (χ2v) is 6.08. The second-order valence-electron chi connectivity index (χ2n) is 6.08. The monoisotopic (exact) mass is 308 g/mol. The van der Waals surface area contributed by atoms with Crippen LogP contribution in [0.15, 0.2) is 30.3 Å². The molecule has 0 saturated heterocycles. The zero-order valence-corrected chi connectivity index (χ0v) is 14.0. The average Bonchev–Trinajstić information content (AvgIpc) is 2.52. The first-order valence-electron chi connectivity index (χ1n) is 7.63. The number of benzene rings is 1. The average molecular weight is 308 g/mol. The fraction of sp³-hybridized carbons (Fsp3) is 0.588. The molecule has 0 saturated carbocycles. The van der Waals surface area contributed by atoms with Crippen LogP contribution in [0.1, 0.15) is 38.4 Å². The van der Waals surface area contributed by atoms with Gasteiger partial charge in [0.1, 0.15) is 0 Å². The van der Waals surface area contributed by atoms with Crippen LogP contribution < -0.4 is 5.32 Å². The number of amides is 2. The Labute approximate surface area is 133 Å². The number of hydrogen-bond donors (Lipinski definition) is 2. The summed E-state index contributed by atoms with van der Waals surface area (Å²) in [4.78, 5) is 13.5. The van der Waals surface area contributed by atoms with Crippen molar-refractivity contribution >= 4 is 6.03 Å². The molecule has 22 heavy (non-hydrogen) atoms. The Morgan fingerprint density at radius 3 is 2.59 bits per heavy atom. The largest absolute Gasteiger partial charge is 0.388 e. The number of aliphatic hydroxyl groups is 1. The van der Waals surface area contributed by atoms with Crippen LogP contribution >= 0.6 is 0 Å². The van der Waals surface area contributed by atoms with Gasteiger partial charge in [-0.15, -0.1) is 0 Å². The number of rotatable bonds is 8. The van der Waals surface area contributed by atoms with Gasteiger partial charge in [-0.25, -0.2) is 4.79 Å². The van der Waals surface area contributed by atoms with E-state index in [0.29, 0.717) is 19.5 Å². The van der Waals surface area contributed by atoms with Gasteiger partial charge in [0.25, 0.3) is 0 Å². The molecule has 0 bridgehead atoms. The topological polar surface area (TPSA) is 61.8 Å². The van der Waals surface area contributed by atoms with Crippen molar-refractivity contribution in [3.8, 4) is 0 Å². The van der Waals surface area contributed by atoms with Crippen molar-refractivity contribution in [2.75, 3.05) is 27.2 Å². The quantitative estimate of drug-likeness (QED) is 0.776. The molecule has 1 atom stereocenters. The molecule has 0 spiro atoms. The summed E-state index contributed by atoms with van der Waals surface area (Å²) in [7, 11) is 3.40. The molecule has 0 unspecified atom stereocenters. The number of nitrogens with zero attached hydrogens (tertiary/aromatic N) is 1. The van der Waals surface area contributed by atoms with Gasteiger partial charge in [-0.1, -0.05) is 30.3 Å². The number of hydrogen-bond acceptors (Lipinski definition) is 3. The van der Waals surface area contributed by atoms with Crippen molar-refractivity contribution in [2.45, 2.75) is 38.4 Å². The molecule has 0 aliphatic carbocycles. The lowest BCUT2D eigenvalue weighted by molar-refractivity contribution is 0.0162. The Hall–Kier alpha value is -1.59. The maximum atomic E-state index is 12.0. The standard InChI is InChI=1S/C17H28N2O3/c1-17(2,22-4)11-12-18-16(21)19(3)13-10-15(20)14-8-6-5-7-9-14/h5-9,15,20H,10-13H2,1-4H3,(H,18,21)/t15-/m0/s1. The SMILES string of the molecule is COC(C)(C)CCNC(=O)N(C)CC[C@H](O)c1ccccc1. The van der Waals surface area contributed by atoms with E-state index in [0.717, 1.165) is 12.0 Å². The van der Waals surface area contributed by atoms with E-state index >= 15 is 0 Å². The number of nitrogens with one attached hydrogen (secondary N) is 1. The highest BCUT2D eigenvalue weighted by molar-refractivity contribution is 5.73. The molecule has 1 aromatic carbocycles. The van der Waals surface area contributed by atoms with Crippen LogP contribution in [0.4, 0.5) is 4.79 Å². The van der Waals surface area contributed by atoms with Gasteiger partial charge < -0.3 is 20.1 Å². The first-order valence-corrected chi connectivity index (χ1v) is 7.63. The van der Waals surface area contributed by atoms with Gasteiger partial charge in [0, 0.05) is 27.2 Å². The number of methoxy groups -OCH3 is 1. The Bertz CT molecular complexity index is 448. The molecular formula is C17H28N2O3. The third-order valence-corrected chi connectivity index (χ3v) is 3.82. The fourth-order valence-electron chi connectivity index (χ4n) is 1.97. The van der Waals surface area contributed by atoms with E-state index in [1.807, 2.05) is 44.2 Å². The Morgan fingerprint density at radius 2 is 2.00 bits per heavy atom. The third kappa shape index (κ3) is 6.45. The predicted molar refractivity (Wildman–Crippen MR) is 87.8 cm³/mol. The molecular weight excluding hydrogens is 280 g/mol. The molecule has 0 fully saturated rings. The maximum Gasteiger partial charge on any atom is 0.317 e. The predicted octanol–water partition coefficient (Wildman–Crippen LogP) is 2.57. The Morgan fingerprint density at radius 1 is 1.36 bits per heavy atom. The molecule has 2 amide bonds. The summed E-state index contributed by atoms with van der Waals surface area (Å²) in [6.07, 6.45) is 0.705. The molecule has 1 aromatic rings. The van der Waals surface area contributed by atoms with Crippen LogP contribution in [0.25, 0.3) is 0 Å². The lowest BCUT2D eigenvalue weighted by Gasteiger charge is -2.24. The molecule has 0 aliphatic rings. The zero-order chi connectivity index (χ0) is 16.6. The van der Waals surface area contributed by atoms with Gasteiger partial charge in [0.2, 0.25) is 0 Å². The van der Waals surface area contributed by atoms with Gasteiger partial charge in [0.05, 0.1) is 11.7 Å². The normalized spacial score (nSPS) is 12.8. The van der Waals surface area contributed by atoms with Crippen molar-refractivity contribution in [1.29, 1.82) is 0 Å². The smallest absolute Gasteiger partial charge is 0.317 e. The van der Waals surface area contributed by atoms with E-state index in [4.69, 9.17) is 4.74 Å². The first-order chi connectivity index (χ1) is 10.4. The number of carbonyl (C=O) groups excluding carboxylic acids is 1. The fourth-order valence-corrected chi connectivity index (χ4v) is 1.97. The summed E-state index contributed by atoms with van der Waals surface area (Å²) < 4.78 is 5.31. The minimum atomic E-state index is -0.552. The molecule has 0 aromatic heterocycles. The molecule has 0 radical (unpaired) electrons. The maximum absolute atomic E-state index is 12.0. The van der Waals surface area contributed by atoms with Crippen LogP contribution in [0.5, 0.6) is 0 Å². The van der Waals surface area contributed by atoms with Gasteiger partial charge in [-0.3, -0.25) is 0 Å². The summed E-state index contributed by atoms with van der Waals surface area (Å²) in [6, 6.07) is 9.35. The van der Waals surface area contributed by atoms with Crippen LogP contribution in [-0.2, 0) is 4.74 Å². The van der Waals surface area contributed by atoms with Crippen molar-refractivity contribution in [3.63, 3.8) is 0 Å². The molecule has 5 nitrogen and oxygen atoms in total. The van der Waals surface area contributed by atoms with Crippen LogP contribution in [0, 0.1) is 0 Å². The highest BCUT2D eigenvalue weighted by Gasteiger charge is 2.17. The molecule has 124 valence electrons. The van der Waals surface area contributed by atoms with Gasteiger partial charge in [-0.05, 0) is 32.3 Å². The van der Waals surface area contributed by atoms with E-state index in [1.165, 1.54) is 0 Å². The van der Waals surface area contributed by atoms with Gasteiger partial charge >= 0.3 is 6.03 Å². The van der Waals surface area contributed by atoms with Gasteiger partial charge in [-0.2, -0.15) is 0 Å². The number of aliphatic hydroxyl groups excluding tert-OH is 1. The summed E-state index contributed by atoms with van der Waals surface area (Å²) in [5.74, 6) is 0.